The number of rotatable bonds is 4. The first-order chi connectivity index (χ1) is 10.2. The van der Waals surface area contributed by atoms with E-state index in [2.05, 4.69) is 35.0 Å². The van der Waals surface area contributed by atoms with Crippen molar-refractivity contribution < 1.29 is 0 Å². The smallest absolute Gasteiger partial charge is 0.108 e. The average Bonchev–Trinajstić information content (AvgIpc) is 3.31. The number of nitrogens with one attached hydrogen (secondary N) is 1. The monoisotopic (exact) mass is 290 g/mol. The van der Waals surface area contributed by atoms with Gasteiger partial charge < -0.3 is 0 Å². The van der Waals surface area contributed by atoms with E-state index in [4.69, 9.17) is 0 Å². The molecule has 0 spiro atoms. The van der Waals surface area contributed by atoms with Crippen LogP contribution in [0.3, 0.4) is 0 Å². The van der Waals surface area contributed by atoms with Crippen LogP contribution in [0.1, 0.15) is 52.4 Å². The molecule has 0 radical (unpaired) electrons. The minimum absolute atomic E-state index is 0.241. The lowest BCUT2D eigenvalue weighted by molar-refractivity contribution is 0.0347. The van der Waals surface area contributed by atoms with Crippen LogP contribution in [0.5, 0.6) is 0 Å². The van der Waals surface area contributed by atoms with Gasteiger partial charge in [-0.05, 0) is 52.0 Å². The van der Waals surface area contributed by atoms with Crippen LogP contribution in [0, 0.1) is 11.3 Å². The topological polar surface area (TPSA) is 42.3 Å². The molecule has 0 aromatic heterocycles. The summed E-state index contributed by atoms with van der Waals surface area (Å²) in [5.41, 5.74) is -0.241. The molecule has 3 rings (SSSR count). The fourth-order valence-corrected chi connectivity index (χ4v) is 4.27. The SMILES string of the molecule is CCN1CCN(C2CCCC(C#N)(NC3CC3)C2)CC1C. The van der Waals surface area contributed by atoms with Crippen molar-refractivity contribution in [1.82, 2.24) is 15.1 Å². The van der Waals surface area contributed by atoms with Gasteiger partial charge in [-0.3, -0.25) is 15.1 Å². The van der Waals surface area contributed by atoms with Crippen molar-refractivity contribution in [3.8, 4) is 6.07 Å². The molecule has 2 saturated carbocycles. The van der Waals surface area contributed by atoms with Gasteiger partial charge >= 0.3 is 0 Å². The number of nitriles is 1. The average molecular weight is 290 g/mol. The second kappa shape index (κ2) is 6.24. The van der Waals surface area contributed by atoms with Gasteiger partial charge in [0.25, 0.3) is 0 Å². The molecule has 2 aliphatic carbocycles. The Morgan fingerprint density at radius 2 is 2.10 bits per heavy atom. The molecular formula is C17H30N4. The lowest BCUT2D eigenvalue weighted by Crippen LogP contribution is -2.59. The van der Waals surface area contributed by atoms with E-state index in [1.165, 1.54) is 45.3 Å². The molecule has 118 valence electrons. The summed E-state index contributed by atoms with van der Waals surface area (Å²) in [5, 5.41) is 13.4. The molecule has 3 fully saturated rings. The van der Waals surface area contributed by atoms with E-state index in [0.29, 0.717) is 18.1 Å². The Kier molecular flexibility index (Phi) is 4.54. The van der Waals surface area contributed by atoms with Crippen molar-refractivity contribution >= 4 is 0 Å². The van der Waals surface area contributed by atoms with E-state index in [-0.39, 0.29) is 5.54 Å². The standard InChI is InChI=1S/C17H30N4/c1-3-20-9-10-21(12-14(20)2)16-5-4-8-17(11-16,13-18)19-15-6-7-15/h14-16,19H,3-12H2,1-2H3. The van der Waals surface area contributed by atoms with Gasteiger partial charge in [-0.2, -0.15) is 5.26 Å². The van der Waals surface area contributed by atoms with E-state index >= 15 is 0 Å². The molecule has 1 aliphatic heterocycles. The number of nitrogens with zero attached hydrogens (tertiary/aromatic N) is 3. The highest BCUT2D eigenvalue weighted by atomic mass is 15.3. The van der Waals surface area contributed by atoms with Crippen LogP contribution < -0.4 is 5.32 Å². The Morgan fingerprint density at radius 1 is 1.29 bits per heavy atom. The van der Waals surface area contributed by atoms with E-state index < -0.39 is 0 Å². The van der Waals surface area contributed by atoms with Gasteiger partial charge in [0.05, 0.1) is 6.07 Å². The molecular weight excluding hydrogens is 260 g/mol. The van der Waals surface area contributed by atoms with E-state index in [1.807, 2.05) is 0 Å². The zero-order valence-electron chi connectivity index (χ0n) is 13.6. The normalized spacial score (nSPS) is 39.1. The van der Waals surface area contributed by atoms with Crippen LogP contribution in [0.2, 0.25) is 0 Å². The van der Waals surface area contributed by atoms with E-state index in [9.17, 15) is 5.26 Å². The highest BCUT2D eigenvalue weighted by Crippen LogP contribution is 2.35. The van der Waals surface area contributed by atoms with Crippen molar-refractivity contribution in [2.45, 2.75) is 76.0 Å². The third-order valence-corrected chi connectivity index (χ3v) is 5.72. The molecule has 0 aromatic carbocycles. The molecule has 4 nitrogen and oxygen atoms in total. The number of likely N-dealkylation sites (N-methyl/N-ethyl adjacent to an activating group) is 1. The van der Waals surface area contributed by atoms with Gasteiger partial charge in [0.2, 0.25) is 0 Å². The van der Waals surface area contributed by atoms with Crippen molar-refractivity contribution in [2.24, 2.45) is 0 Å². The molecule has 21 heavy (non-hydrogen) atoms. The van der Waals surface area contributed by atoms with Crippen LogP contribution in [0.15, 0.2) is 0 Å². The quantitative estimate of drug-likeness (QED) is 0.859. The Bertz CT molecular complexity index is 400. The minimum Gasteiger partial charge on any atom is -0.298 e. The minimum atomic E-state index is -0.241. The van der Waals surface area contributed by atoms with Crippen LogP contribution in [-0.2, 0) is 0 Å². The van der Waals surface area contributed by atoms with E-state index in [0.717, 1.165) is 19.4 Å². The molecule has 3 unspecified atom stereocenters. The largest absolute Gasteiger partial charge is 0.298 e. The van der Waals surface area contributed by atoms with Gasteiger partial charge in [0.15, 0.2) is 0 Å². The van der Waals surface area contributed by atoms with Gasteiger partial charge in [-0.15, -0.1) is 0 Å². The summed E-state index contributed by atoms with van der Waals surface area (Å²) < 4.78 is 0. The molecule has 1 heterocycles. The summed E-state index contributed by atoms with van der Waals surface area (Å²) in [6.07, 6.45) is 7.06. The van der Waals surface area contributed by atoms with Crippen LogP contribution in [0.4, 0.5) is 0 Å². The zero-order valence-corrected chi connectivity index (χ0v) is 13.6. The lowest BCUT2D eigenvalue weighted by Gasteiger charge is -2.47. The van der Waals surface area contributed by atoms with Crippen molar-refractivity contribution in [1.29, 1.82) is 5.26 Å². The first-order valence-electron chi connectivity index (χ1n) is 8.83. The molecule has 1 saturated heterocycles. The fraction of sp³-hybridized carbons (Fsp3) is 0.941. The summed E-state index contributed by atoms with van der Waals surface area (Å²) in [7, 11) is 0. The second-order valence-electron chi connectivity index (χ2n) is 7.34. The maximum Gasteiger partial charge on any atom is 0.108 e. The Morgan fingerprint density at radius 3 is 2.71 bits per heavy atom. The third-order valence-electron chi connectivity index (χ3n) is 5.72. The summed E-state index contributed by atoms with van der Waals surface area (Å²) in [6, 6.07) is 4.52. The van der Waals surface area contributed by atoms with Gasteiger partial charge in [0.1, 0.15) is 5.54 Å². The predicted molar refractivity (Wildman–Crippen MR) is 85.0 cm³/mol. The Labute approximate surface area is 129 Å². The van der Waals surface area contributed by atoms with Crippen molar-refractivity contribution in [2.75, 3.05) is 26.2 Å². The summed E-state index contributed by atoms with van der Waals surface area (Å²) in [5.74, 6) is 0. The molecule has 3 atom stereocenters. The lowest BCUT2D eigenvalue weighted by atomic mass is 9.79. The molecule has 3 aliphatic rings. The number of piperazine rings is 1. The Hall–Kier alpha value is -0.630. The Balaban J connectivity index is 1.61. The van der Waals surface area contributed by atoms with Crippen molar-refractivity contribution in [3.63, 3.8) is 0 Å². The summed E-state index contributed by atoms with van der Waals surface area (Å²) >= 11 is 0. The number of hydrogen-bond acceptors (Lipinski definition) is 4. The summed E-state index contributed by atoms with van der Waals surface area (Å²) in [4.78, 5) is 5.23. The highest BCUT2D eigenvalue weighted by molar-refractivity contribution is 5.13. The maximum atomic E-state index is 9.73. The molecule has 1 N–H and O–H groups in total. The second-order valence-corrected chi connectivity index (χ2v) is 7.34. The summed E-state index contributed by atoms with van der Waals surface area (Å²) in [6.45, 7) is 9.29. The predicted octanol–water partition coefficient (Wildman–Crippen LogP) is 1.97. The molecule has 0 amide bonds. The van der Waals surface area contributed by atoms with Crippen LogP contribution >= 0.6 is 0 Å². The molecule has 0 bridgehead atoms. The maximum absolute atomic E-state index is 9.73. The van der Waals surface area contributed by atoms with Crippen LogP contribution in [0.25, 0.3) is 0 Å². The molecule has 4 heteroatoms. The van der Waals surface area contributed by atoms with Gasteiger partial charge in [0, 0.05) is 37.8 Å². The van der Waals surface area contributed by atoms with Gasteiger partial charge in [-0.25, -0.2) is 0 Å². The van der Waals surface area contributed by atoms with Gasteiger partial charge in [-0.1, -0.05) is 6.92 Å². The third kappa shape index (κ3) is 3.41. The first-order valence-corrected chi connectivity index (χ1v) is 8.83. The molecule has 0 aromatic rings. The van der Waals surface area contributed by atoms with E-state index in [1.54, 1.807) is 0 Å². The first kappa shape index (κ1) is 15.3. The van der Waals surface area contributed by atoms with Crippen molar-refractivity contribution in [3.05, 3.63) is 0 Å². The van der Waals surface area contributed by atoms with Crippen LogP contribution in [-0.4, -0.2) is 59.6 Å². The zero-order chi connectivity index (χ0) is 14.9. The number of hydrogen-bond donors (Lipinski definition) is 1. The highest BCUT2D eigenvalue weighted by Gasteiger charge is 2.42. The fourth-order valence-electron chi connectivity index (χ4n) is 4.27.